The highest BCUT2D eigenvalue weighted by Crippen LogP contribution is 2.25. The van der Waals surface area contributed by atoms with E-state index in [4.69, 9.17) is 5.10 Å². The summed E-state index contributed by atoms with van der Waals surface area (Å²) in [7, 11) is 0. The molecule has 31 heavy (non-hydrogen) atoms. The fourth-order valence-corrected chi connectivity index (χ4v) is 4.57. The second-order valence-electron chi connectivity index (χ2n) is 9.82. The fourth-order valence-electron chi connectivity index (χ4n) is 4.57. The van der Waals surface area contributed by atoms with Crippen LogP contribution in [0.15, 0.2) is 18.3 Å². The van der Waals surface area contributed by atoms with Gasteiger partial charge >= 0.3 is 0 Å². The van der Waals surface area contributed by atoms with Gasteiger partial charge in [0.15, 0.2) is 5.82 Å². The van der Waals surface area contributed by atoms with E-state index >= 15 is 0 Å². The van der Waals surface area contributed by atoms with E-state index in [1.54, 1.807) is 0 Å². The van der Waals surface area contributed by atoms with Crippen LogP contribution in [-0.2, 0) is 17.8 Å². The van der Waals surface area contributed by atoms with E-state index in [-0.39, 0.29) is 11.9 Å². The van der Waals surface area contributed by atoms with Gasteiger partial charge in [-0.25, -0.2) is 0 Å². The number of rotatable bonds is 6. The van der Waals surface area contributed by atoms with Gasteiger partial charge < -0.3 is 14.9 Å². The first-order valence-corrected chi connectivity index (χ1v) is 11.6. The molecule has 0 spiro atoms. The van der Waals surface area contributed by atoms with Gasteiger partial charge in [-0.05, 0) is 45.1 Å². The molecule has 0 aliphatic carbocycles. The second-order valence-corrected chi connectivity index (χ2v) is 9.82. The first kappa shape index (κ1) is 21.9. The van der Waals surface area contributed by atoms with Gasteiger partial charge in [-0.3, -0.25) is 14.2 Å². The zero-order chi connectivity index (χ0) is 22.2. The zero-order valence-corrected chi connectivity index (χ0v) is 19.3. The molecule has 2 aromatic heterocycles. The van der Waals surface area contributed by atoms with Crippen LogP contribution in [0.5, 0.6) is 0 Å². The molecule has 8 heteroatoms. The van der Waals surface area contributed by atoms with Gasteiger partial charge in [-0.1, -0.05) is 13.8 Å². The molecule has 0 saturated carbocycles. The molecule has 170 valence electrons. The molecule has 2 aromatic rings. The van der Waals surface area contributed by atoms with E-state index < -0.39 is 5.60 Å². The summed E-state index contributed by atoms with van der Waals surface area (Å²) in [6, 6.07) is 4.37. The third-order valence-electron chi connectivity index (χ3n) is 6.61. The van der Waals surface area contributed by atoms with Crippen LogP contribution in [0.1, 0.15) is 70.3 Å². The van der Waals surface area contributed by atoms with Gasteiger partial charge in [-0.2, -0.15) is 10.2 Å². The van der Waals surface area contributed by atoms with Crippen molar-refractivity contribution in [2.24, 2.45) is 0 Å². The third kappa shape index (κ3) is 4.95. The molecular weight excluding hydrogens is 392 g/mol. The van der Waals surface area contributed by atoms with Crippen molar-refractivity contribution in [2.45, 2.75) is 77.5 Å². The van der Waals surface area contributed by atoms with Crippen molar-refractivity contribution in [3.63, 3.8) is 0 Å². The summed E-state index contributed by atoms with van der Waals surface area (Å²) in [4.78, 5) is 16.9. The van der Waals surface area contributed by atoms with E-state index in [1.165, 1.54) is 0 Å². The maximum atomic E-state index is 12.8. The van der Waals surface area contributed by atoms with Crippen molar-refractivity contribution < 1.29 is 9.90 Å². The van der Waals surface area contributed by atoms with Crippen LogP contribution >= 0.6 is 0 Å². The van der Waals surface area contributed by atoms with Crippen LogP contribution in [-0.4, -0.2) is 67.3 Å². The Labute approximate surface area is 184 Å². The van der Waals surface area contributed by atoms with Crippen molar-refractivity contribution in [1.82, 2.24) is 24.5 Å². The van der Waals surface area contributed by atoms with E-state index in [0.717, 1.165) is 62.5 Å². The molecule has 1 fully saturated rings. The molecule has 8 nitrogen and oxygen atoms in total. The molecule has 1 saturated heterocycles. The third-order valence-corrected chi connectivity index (χ3v) is 6.61. The van der Waals surface area contributed by atoms with Crippen LogP contribution in [0.2, 0.25) is 0 Å². The van der Waals surface area contributed by atoms with Crippen molar-refractivity contribution in [3.8, 4) is 0 Å². The van der Waals surface area contributed by atoms with Crippen LogP contribution in [0.4, 0.5) is 5.82 Å². The topological polar surface area (TPSA) is 79.4 Å². The number of aromatic nitrogens is 4. The molecule has 4 rings (SSSR count). The summed E-state index contributed by atoms with van der Waals surface area (Å²) >= 11 is 0. The zero-order valence-electron chi connectivity index (χ0n) is 19.3. The summed E-state index contributed by atoms with van der Waals surface area (Å²) in [6.45, 7) is 11.6. The largest absolute Gasteiger partial charge is 0.388 e. The van der Waals surface area contributed by atoms with Gasteiger partial charge in [0.1, 0.15) is 6.54 Å². The number of fused-ring (bicyclic) bond motifs is 1. The summed E-state index contributed by atoms with van der Waals surface area (Å²) in [5.41, 5.74) is 1.57. The smallest absolute Gasteiger partial charge is 0.244 e. The summed E-state index contributed by atoms with van der Waals surface area (Å²) in [5, 5.41) is 19.8. The lowest BCUT2D eigenvalue weighted by molar-refractivity contribution is -0.131. The number of nitrogens with zero attached hydrogens (tertiary/aromatic N) is 6. The highest BCUT2D eigenvalue weighted by atomic mass is 16.3. The number of carbonyl (C=O) groups excluding carboxylic acids is 1. The summed E-state index contributed by atoms with van der Waals surface area (Å²) < 4.78 is 3.87. The number of aliphatic hydroxyl groups is 1. The molecule has 2 aliphatic rings. The molecule has 4 heterocycles. The maximum Gasteiger partial charge on any atom is 0.244 e. The summed E-state index contributed by atoms with van der Waals surface area (Å²) in [6.07, 6.45) is 5.52. The number of hydrogen-bond donors (Lipinski definition) is 1. The van der Waals surface area contributed by atoms with Crippen LogP contribution in [0.3, 0.4) is 0 Å². The average molecular weight is 429 g/mol. The Hall–Kier alpha value is -2.35. The first-order valence-electron chi connectivity index (χ1n) is 11.6. The van der Waals surface area contributed by atoms with Gasteiger partial charge in [0.05, 0.1) is 17.3 Å². The van der Waals surface area contributed by atoms with Crippen LogP contribution in [0, 0.1) is 0 Å². The molecule has 2 atom stereocenters. The van der Waals surface area contributed by atoms with E-state index in [9.17, 15) is 9.90 Å². The average Bonchev–Trinajstić information content (AvgIpc) is 3.32. The van der Waals surface area contributed by atoms with Crippen molar-refractivity contribution in [1.29, 1.82) is 0 Å². The quantitative estimate of drug-likeness (QED) is 0.765. The molecule has 0 bridgehead atoms. The Morgan fingerprint density at radius 2 is 2.03 bits per heavy atom. The Kier molecular flexibility index (Phi) is 6.10. The molecule has 1 amide bonds. The Balaban J connectivity index is 1.33. The highest BCUT2D eigenvalue weighted by Gasteiger charge is 2.29. The Morgan fingerprint density at radius 1 is 1.23 bits per heavy atom. The van der Waals surface area contributed by atoms with Crippen LogP contribution < -0.4 is 4.90 Å². The predicted octanol–water partition coefficient (Wildman–Crippen LogP) is 2.59. The Bertz CT molecular complexity index is 915. The van der Waals surface area contributed by atoms with Crippen LogP contribution in [0.25, 0.3) is 0 Å². The molecular formula is C23H36N6O2. The van der Waals surface area contributed by atoms with E-state index in [2.05, 4.69) is 36.8 Å². The van der Waals surface area contributed by atoms with Crippen molar-refractivity contribution >= 4 is 11.7 Å². The molecule has 0 radical (unpaired) electrons. The lowest BCUT2D eigenvalue weighted by Crippen LogP contribution is -2.46. The van der Waals surface area contributed by atoms with E-state index in [0.29, 0.717) is 19.0 Å². The monoisotopic (exact) mass is 428 g/mol. The van der Waals surface area contributed by atoms with Gasteiger partial charge in [0.25, 0.3) is 0 Å². The minimum atomic E-state index is -0.648. The standard InChI is InChI=1S/C23H36N6O2/c1-17(2)20-14-19-7-12-26(22(30)15-29(19)24-20)11-6-18(3)28-13-8-21(25-28)27-10-5-9-23(4,31)16-27/h8,13-14,17-18,31H,5-7,9-12,15-16H2,1-4H3/t18?,23-/m0/s1. The number of carbonyl (C=O) groups is 1. The first-order chi connectivity index (χ1) is 14.7. The number of hydrogen-bond acceptors (Lipinski definition) is 5. The van der Waals surface area contributed by atoms with Gasteiger partial charge in [-0.15, -0.1) is 0 Å². The molecule has 1 unspecified atom stereocenters. The van der Waals surface area contributed by atoms with Gasteiger partial charge in [0, 0.05) is 50.6 Å². The van der Waals surface area contributed by atoms with Crippen molar-refractivity contribution in [3.05, 3.63) is 29.7 Å². The lowest BCUT2D eigenvalue weighted by atomic mass is 9.95. The maximum absolute atomic E-state index is 12.8. The molecule has 1 N–H and O–H groups in total. The fraction of sp³-hybridized carbons (Fsp3) is 0.696. The van der Waals surface area contributed by atoms with Crippen molar-refractivity contribution in [2.75, 3.05) is 31.1 Å². The Morgan fingerprint density at radius 3 is 2.77 bits per heavy atom. The SMILES string of the molecule is CC(C)c1cc2n(n1)CC(=O)N(CCC(C)n1ccc(N3CCC[C@](C)(O)C3)n1)CC2. The highest BCUT2D eigenvalue weighted by molar-refractivity contribution is 5.76. The normalized spacial score (nSPS) is 23.2. The predicted molar refractivity (Wildman–Crippen MR) is 120 cm³/mol. The molecule has 2 aliphatic heterocycles. The number of amides is 1. The number of piperidine rings is 1. The minimum Gasteiger partial charge on any atom is -0.388 e. The minimum absolute atomic E-state index is 0.140. The second kappa shape index (κ2) is 8.65. The lowest BCUT2D eigenvalue weighted by Gasteiger charge is -2.36. The van der Waals surface area contributed by atoms with Gasteiger partial charge in [0.2, 0.25) is 5.91 Å². The van der Waals surface area contributed by atoms with E-state index in [1.807, 2.05) is 33.5 Å². The summed E-state index contributed by atoms with van der Waals surface area (Å²) in [5.74, 6) is 1.44. The number of β-amino-alcohol motifs (C(OH)–C–C–N with tert-alkyl or cyclic N) is 1. The number of anilines is 1. The molecule has 0 aromatic carbocycles.